The van der Waals surface area contributed by atoms with Crippen LogP contribution in [0.5, 0.6) is 5.75 Å². The highest BCUT2D eigenvalue weighted by molar-refractivity contribution is 7.07. The van der Waals surface area contributed by atoms with Crippen molar-refractivity contribution in [3.05, 3.63) is 72.7 Å². The summed E-state index contributed by atoms with van der Waals surface area (Å²) in [6, 6.07) is 9.30. The van der Waals surface area contributed by atoms with E-state index in [1.54, 1.807) is 23.5 Å². The molecule has 0 radical (unpaired) electrons. The molecule has 1 heterocycles. The summed E-state index contributed by atoms with van der Waals surface area (Å²) in [5.41, 5.74) is 2.17. The number of phenols is 1. The van der Waals surface area contributed by atoms with Crippen LogP contribution in [0.1, 0.15) is 11.1 Å². The van der Waals surface area contributed by atoms with Gasteiger partial charge in [0.05, 0.1) is 0 Å². The molecule has 3 rings (SSSR count). The van der Waals surface area contributed by atoms with Crippen LogP contribution in [0.15, 0.2) is 50.7 Å². The lowest BCUT2D eigenvalue weighted by Gasteiger charge is -2.26. The van der Waals surface area contributed by atoms with Crippen molar-refractivity contribution in [2.75, 3.05) is 37.8 Å². The van der Waals surface area contributed by atoms with Gasteiger partial charge in [-0.2, -0.15) is 11.3 Å². The van der Waals surface area contributed by atoms with Crippen LogP contribution in [0.25, 0.3) is 0 Å². The van der Waals surface area contributed by atoms with Gasteiger partial charge in [0.1, 0.15) is 17.1 Å². The minimum Gasteiger partial charge on any atom is -0.508 e. The summed E-state index contributed by atoms with van der Waals surface area (Å²) in [5.74, 6) is 0.241. The van der Waals surface area contributed by atoms with Gasteiger partial charge in [0, 0.05) is 19.1 Å². The normalized spacial score (nSPS) is 12.4. The largest absolute Gasteiger partial charge is 0.508 e. The van der Waals surface area contributed by atoms with Crippen LogP contribution in [0.3, 0.4) is 0 Å². The number of hydrogen-bond donors (Lipinski definition) is 3. The van der Waals surface area contributed by atoms with Gasteiger partial charge in [-0.3, -0.25) is 9.59 Å². The smallest absolute Gasteiger partial charge is 0.253 e. The monoisotopic (exact) mass is 399 g/mol. The fourth-order valence-electron chi connectivity index (χ4n) is 3.06. The molecule has 0 saturated heterocycles. The molecule has 0 aliphatic carbocycles. The molecule has 148 valence electrons. The van der Waals surface area contributed by atoms with Crippen molar-refractivity contribution in [2.24, 2.45) is 0 Å². The van der Waals surface area contributed by atoms with Gasteiger partial charge in [-0.1, -0.05) is 12.1 Å². The molecule has 0 fully saturated rings. The maximum atomic E-state index is 12.0. The first-order valence-electron chi connectivity index (χ1n) is 9.22. The Balaban J connectivity index is 1.59. The van der Waals surface area contributed by atoms with Gasteiger partial charge in [0.15, 0.2) is 0 Å². The fraction of sp³-hybridized carbons (Fsp3) is 0.333. The van der Waals surface area contributed by atoms with E-state index in [0.29, 0.717) is 24.5 Å². The van der Waals surface area contributed by atoms with Crippen molar-refractivity contribution in [2.45, 2.75) is 18.9 Å². The predicted octanol–water partition coefficient (Wildman–Crippen LogP) is 2.29. The molecule has 0 spiro atoms. The number of aromatic hydroxyl groups is 1. The number of nitrogens with zero attached hydrogens (tertiary/aromatic N) is 1. The number of rotatable bonds is 10. The lowest BCUT2D eigenvalue weighted by molar-refractivity contribution is 0.303. The van der Waals surface area contributed by atoms with Gasteiger partial charge < -0.3 is 20.6 Å². The maximum Gasteiger partial charge on any atom is 0.253 e. The van der Waals surface area contributed by atoms with E-state index in [1.807, 2.05) is 31.6 Å². The standard InChI is InChI=1S/C21H25N3O3S/c1-24(2)16(11-14-3-5-17(25)6-4-14)12-23-19-18(20(26)21(19)27)22-9-7-15-8-10-28-13-15/h3-6,8,10,13,16,22-23,25H,7,9,11-12H2,1-2H3. The quantitative estimate of drug-likeness (QED) is 0.454. The maximum absolute atomic E-state index is 12.0. The van der Waals surface area contributed by atoms with Crippen LogP contribution < -0.4 is 21.5 Å². The SMILES string of the molecule is CN(C)C(CNc1c(NCCc2ccsc2)c(=O)c1=O)Cc1ccc(O)cc1. The van der Waals surface area contributed by atoms with Crippen molar-refractivity contribution in [1.29, 1.82) is 0 Å². The molecule has 6 nitrogen and oxygen atoms in total. The first kappa shape index (κ1) is 20.1. The van der Waals surface area contributed by atoms with Gasteiger partial charge in [-0.25, -0.2) is 0 Å². The molecule has 1 atom stereocenters. The lowest BCUT2D eigenvalue weighted by atomic mass is 10.0. The number of thiophene rings is 1. The number of nitrogens with one attached hydrogen (secondary N) is 2. The first-order valence-corrected chi connectivity index (χ1v) is 10.2. The number of hydrogen-bond acceptors (Lipinski definition) is 7. The Bertz CT molecular complexity index is 958. The van der Waals surface area contributed by atoms with Crippen LogP contribution in [-0.2, 0) is 12.8 Å². The second kappa shape index (κ2) is 9.03. The molecule has 0 bridgehead atoms. The second-order valence-electron chi connectivity index (χ2n) is 7.09. The first-order chi connectivity index (χ1) is 13.5. The van der Waals surface area contributed by atoms with Crippen LogP contribution in [0.4, 0.5) is 11.4 Å². The fourth-order valence-corrected chi connectivity index (χ4v) is 3.76. The van der Waals surface area contributed by atoms with Crippen molar-refractivity contribution in [3.8, 4) is 5.75 Å². The molecule has 3 aromatic rings. The van der Waals surface area contributed by atoms with Crippen LogP contribution in [0, 0.1) is 0 Å². The third-order valence-corrected chi connectivity index (χ3v) is 5.59. The highest BCUT2D eigenvalue weighted by atomic mass is 32.1. The summed E-state index contributed by atoms with van der Waals surface area (Å²) in [4.78, 5) is 26.0. The van der Waals surface area contributed by atoms with Crippen LogP contribution in [-0.4, -0.2) is 43.2 Å². The second-order valence-corrected chi connectivity index (χ2v) is 7.87. The zero-order valence-corrected chi connectivity index (χ0v) is 16.9. The highest BCUT2D eigenvalue weighted by Crippen LogP contribution is 2.17. The molecular weight excluding hydrogens is 374 g/mol. The van der Waals surface area contributed by atoms with E-state index in [4.69, 9.17) is 0 Å². The number of likely N-dealkylation sites (N-methyl/N-ethyl adjacent to an activating group) is 1. The van der Waals surface area contributed by atoms with Crippen molar-refractivity contribution in [3.63, 3.8) is 0 Å². The molecule has 3 N–H and O–H groups in total. The molecule has 0 amide bonds. The number of benzene rings is 1. The Morgan fingerprint density at radius 1 is 1.00 bits per heavy atom. The summed E-state index contributed by atoms with van der Waals surface area (Å²) < 4.78 is 0. The summed E-state index contributed by atoms with van der Waals surface area (Å²) in [6.07, 6.45) is 1.57. The number of phenolic OH excluding ortho intramolecular Hbond substituents is 1. The van der Waals surface area contributed by atoms with Gasteiger partial charge in [0.25, 0.3) is 10.9 Å². The third-order valence-electron chi connectivity index (χ3n) is 4.86. The van der Waals surface area contributed by atoms with Crippen molar-refractivity contribution in [1.82, 2.24) is 4.90 Å². The van der Waals surface area contributed by atoms with E-state index in [1.165, 1.54) is 5.56 Å². The average Bonchev–Trinajstić information content (AvgIpc) is 3.20. The molecule has 1 unspecified atom stereocenters. The highest BCUT2D eigenvalue weighted by Gasteiger charge is 2.22. The lowest BCUT2D eigenvalue weighted by Crippen LogP contribution is -2.42. The van der Waals surface area contributed by atoms with Crippen molar-refractivity contribution >= 4 is 22.7 Å². The minimum atomic E-state index is -0.458. The Labute approximate surface area is 168 Å². The van der Waals surface area contributed by atoms with E-state index in [-0.39, 0.29) is 11.8 Å². The van der Waals surface area contributed by atoms with E-state index in [9.17, 15) is 14.7 Å². The molecular formula is C21H25N3O3S. The van der Waals surface area contributed by atoms with E-state index >= 15 is 0 Å². The zero-order chi connectivity index (χ0) is 20.1. The third kappa shape index (κ3) is 4.79. The van der Waals surface area contributed by atoms with E-state index in [2.05, 4.69) is 27.0 Å². The van der Waals surface area contributed by atoms with Gasteiger partial charge >= 0.3 is 0 Å². The Morgan fingerprint density at radius 3 is 2.29 bits per heavy atom. The topological polar surface area (TPSA) is 81.7 Å². The summed E-state index contributed by atoms with van der Waals surface area (Å²) >= 11 is 1.64. The van der Waals surface area contributed by atoms with Crippen molar-refractivity contribution < 1.29 is 5.11 Å². The van der Waals surface area contributed by atoms with Gasteiger partial charge in [0.2, 0.25) is 0 Å². The molecule has 2 aromatic carbocycles. The molecule has 0 aliphatic heterocycles. The molecule has 7 heteroatoms. The number of anilines is 2. The minimum absolute atomic E-state index is 0.132. The summed E-state index contributed by atoms with van der Waals surface area (Å²) in [5, 5.41) is 19.8. The van der Waals surface area contributed by atoms with Crippen LogP contribution >= 0.6 is 11.3 Å². The van der Waals surface area contributed by atoms with E-state index in [0.717, 1.165) is 18.4 Å². The molecule has 0 aliphatic rings. The molecule has 1 aromatic heterocycles. The van der Waals surface area contributed by atoms with Gasteiger partial charge in [-0.05, 0) is 67.0 Å². The van der Waals surface area contributed by atoms with Crippen LogP contribution in [0.2, 0.25) is 0 Å². The summed E-state index contributed by atoms with van der Waals surface area (Å²) in [7, 11) is 3.96. The van der Waals surface area contributed by atoms with E-state index < -0.39 is 10.9 Å². The van der Waals surface area contributed by atoms with Gasteiger partial charge in [-0.15, -0.1) is 0 Å². The Hall–Kier alpha value is -2.64. The molecule has 0 saturated carbocycles. The molecule has 28 heavy (non-hydrogen) atoms. The predicted molar refractivity (Wildman–Crippen MR) is 116 cm³/mol. The Morgan fingerprint density at radius 2 is 1.68 bits per heavy atom. The Kier molecular flexibility index (Phi) is 6.49. The summed E-state index contributed by atoms with van der Waals surface area (Å²) in [6.45, 7) is 1.15. The zero-order valence-electron chi connectivity index (χ0n) is 16.1. The average molecular weight is 400 g/mol.